The molecule has 2 aromatic rings. The summed E-state index contributed by atoms with van der Waals surface area (Å²) in [5.74, 6) is -0.866. The Labute approximate surface area is 145 Å². The zero-order valence-electron chi connectivity index (χ0n) is 13.0. The fraction of sp³-hybridized carbons (Fsp3) is 0.222. The molecule has 0 saturated heterocycles. The molecule has 0 bridgehead atoms. The van der Waals surface area contributed by atoms with Crippen LogP contribution in [0.3, 0.4) is 0 Å². The lowest BCUT2D eigenvalue weighted by Crippen LogP contribution is -2.24. The zero-order chi connectivity index (χ0) is 17.1. The van der Waals surface area contributed by atoms with E-state index in [4.69, 9.17) is 27.9 Å². The topological polar surface area (TPSA) is 43.4 Å². The number of carbonyl (C=O) groups excluding carboxylic acids is 2. The maximum atomic E-state index is 12.4. The summed E-state index contributed by atoms with van der Waals surface area (Å²) in [6, 6.07) is 9.82. The Morgan fingerprint density at radius 2 is 1.57 bits per heavy atom. The maximum absolute atomic E-state index is 12.4. The van der Waals surface area contributed by atoms with Crippen molar-refractivity contribution in [3.63, 3.8) is 0 Å². The molecule has 23 heavy (non-hydrogen) atoms. The van der Waals surface area contributed by atoms with Gasteiger partial charge >= 0.3 is 5.97 Å². The molecule has 0 aliphatic carbocycles. The average Bonchev–Trinajstić information content (AvgIpc) is 2.51. The largest absolute Gasteiger partial charge is 0.451 e. The third kappa shape index (κ3) is 4.12. The van der Waals surface area contributed by atoms with E-state index in [-0.39, 0.29) is 16.4 Å². The molecular weight excluding hydrogens is 335 g/mol. The van der Waals surface area contributed by atoms with Gasteiger partial charge in [-0.25, -0.2) is 4.79 Å². The number of carbonyl (C=O) groups is 2. The summed E-state index contributed by atoms with van der Waals surface area (Å²) in [6.07, 6.45) is -0.890. The second-order valence-corrected chi connectivity index (χ2v) is 6.15. The Balaban J connectivity index is 2.12. The summed E-state index contributed by atoms with van der Waals surface area (Å²) in [7, 11) is 0. The van der Waals surface area contributed by atoms with E-state index in [0.717, 1.165) is 11.1 Å². The van der Waals surface area contributed by atoms with Crippen molar-refractivity contribution in [1.29, 1.82) is 0 Å². The second-order valence-electron chi connectivity index (χ2n) is 5.34. The van der Waals surface area contributed by atoms with Crippen LogP contribution in [0.1, 0.15) is 38.8 Å². The SMILES string of the molecule is Cc1ccc(C(=O)[C@@H](C)OC(=O)c2ccc(Cl)c(Cl)c2)cc1C. The molecule has 120 valence electrons. The number of aryl methyl sites for hydroxylation is 2. The molecule has 0 N–H and O–H groups in total. The molecule has 3 nitrogen and oxygen atoms in total. The van der Waals surface area contributed by atoms with E-state index in [9.17, 15) is 9.59 Å². The number of hydrogen-bond donors (Lipinski definition) is 0. The standard InChI is InChI=1S/C18H16Cl2O3/c1-10-4-5-13(8-11(10)2)17(21)12(3)23-18(22)14-6-7-15(19)16(20)9-14/h4-9,12H,1-3H3/t12-/m1/s1. The number of benzene rings is 2. The lowest BCUT2D eigenvalue weighted by Gasteiger charge is -2.13. The summed E-state index contributed by atoms with van der Waals surface area (Å²) >= 11 is 11.7. The van der Waals surface area contributed by atoms with Crippen LogP contribution in [0.25, 0.3) is 0 Å². The number of esters is 1. The number of ether oxygens (including phenoxy) is 1. The van der Waals surface area contributed by atoms with E-state index in [1.165, 1.54) is 18.2 Å². The first-order chi connectivity index (χ1) is 10.8. The van der Waals surface area contributed by atoms with Gasteiger partial charge in [-0.1, -0.05) is 35.3 Å². The predicted octanol–water partition coefficient (Wildman–Crippen LogP) is 5.04. The van der Waals surface area contributed by atoms with Crippen molar-refractivity contribution in [3.8, 4) is 0 Å². The molecular formula is C18H16Cl2O3. The van der Waals surface area contributed by atoms with Gasteiger partial charge in [-0.15, -0.1) is 0 Å². The summed E-state index contributed by atoms with van der Waals surface area (Å²) in [4.78, 5) is 24.5. The molecule has 5 heteroatoms. The van der Waals surface area contributed by atoms with E-state index in [2.05, 4.69) is 0 Å². The summed E-state index contributed by atoms with van der Waals surface area (Å²) in [6.45, 7) is 5.45. The van der Waals surface area contributed by atoms with Crippen molar-refractivity contribution >= 4 is 35.0 Å². The van der Waals surface area contributed by atoms with Gasteiger partial charge in [0.15, 0.2) is 6.10 Å². The first-order valence-corrected chi connectivity index (χ1v) is 7.82. The minimum absolute atomic E-state index is 0.249. The average molecular weight is 351 g/mol. The molecule has 0 spiro atoms. The third-order valence-corrected chi connectivity index (χ3v) is 4.34. The van der Waals surface area contributed by atoms with Crippen LogP contribution >= 0.6 is 23.2 Å². The van der Waals surface area contributed by atoms with E-state index >= 15 is 0 Å². The van der Waals surface area contributed by atoms with Crippen molar-refractivity contribution in [2.75, 3.05) is 0 Å². The smallest absolute Gasteiger partial charge is 0.338 e. The van der Waals surface area contributed by atoms with Crippen LogP contribution in [0.5, 0.6) is 0 Å². The van der Waals surface area contributed by atoms with E-state index in [0.29, 0.717) is 10.6 Å². The Kier molecular flexibility index (Phi) is 5.45. The Morgan fingerprint density at radius 3 is 2.17 bits per heavy atom. The van der Waals surface area contributed by atoms with Crippen LogP contribution in [0.15, 0.2) is 36.4 Å². The third-order valence-electron chi connectivity index (χ3n) is 3.60. The Bertz CT molecular complexity index is 769. The number of hydrogen-bond acceptors (Lipinski definition) is 3. The van der Waals surface area contributed by atoms with Crippen LogP contribution in [0.2, 0.25) is 10.0 Å². The predicted molar refractivity (Wildman–Crippen MR) is 91.6 cm³/mol. The fourth-order valence-corrected chi connectivity index (χ4v) is 2.33. The van der Waals surface area contributed by atoms with Gasteiger partial charge in [-0.05, 0) is 56.2 Å². The van der Waals surface area contributed by atoms with E-state index in [1.54, 1.807) is 19.1 Å². The number of ketones is 1. The van der Waals surface area contributed by atoms with Crippen molar-refractivity contribution < 1.29 is 14.3 Å². The quantitative estimate of drug-likeness (QED) is 0.573. The van der Waals surface area contributed by atoms with Crippen LogP contribution in [0.4, 0.5) is 0 Å². The fourth-order valence-electron chi connectivity index (χ4n) is 2.03. The Hall–Kier alpha value is -1.84. The van der Waals surface area contributed by atoms with Crippen molar-refractivity contribution in [3.05, 3.63) is 68.7 Å². The lowest BCUT2D eigenvalue weighted by atomic mass is 10.0. The molecule has 2 rings (SSSR count). The molecule has 0 aromatic heterocycles. The van der Waals surface area contributed by atoms with Gasteiger partial charge in [-0.3, -0.25) is 4.79 Å². The molecule has 2 aromatic carbocycles. The van der Waals surface area contributed by atoms with Crippen LogP contribution in [-0.4, -0.2) is 17.9 Å². The number of halogens is 2. The first kappa shape index (κ1) is 17.5. The monoisotopic (exact) mass is 350 g/mol. The summed E-state index contributed by atoms with van der Waals surface area (Å²) < 4.78 is 5.23. The lowest BCUT2D eigenvalue weighted by molar-refractivity contribution is 0.0319. The second kappa shape index (κ2) is 7.16. The minimum atomic E-state index is -0.890. The van der Waals surface area contributed by atoms with Gasteiger partial charge in [0.1, 0.15) is 0 Å². The Morgan fingerprint density at radius 1 is 0.913 bits per heavy atom. The van der Waals surface area contributed by atoms with Gasteiger partial charge < -0.3 is 4.74 Å². The van der Waals surface area contributed by atoms with Gasteiger partial charge in [-0.2, -0.15) is 0 Å². The highest BCUT2D eigenvalue weighted by Crippen LogP contribution is 2.23. The van der Waals surface area contributed by atoms with Crippen LogP contribution in [0, 0.1) is 13.8 Å². The maximum Gasteiger partial charge on any atom is 0.338 e. The molecule has 1 atom stereocenters. The van der Waals surface area contributed by atoms with Crippen LogP contribution < -0.4 is 0 Å². The van der Waals surface area contributed by atoms with Crippen LogP contribution in [-0.2, 0) is 4.74 Å². The molecule has 0 aliphatic rings. The van der Waals surface area contributed by atoms with Crippen molar-refractivity contribution in [2.45, 2.75) is 26.9 Å². The highest BCUT2D eigenvalue weighted by molar-refractivity contribution is 6.42. The molecule has 0 saturated carbocycles. The normalized spacial score (nSPS) is 11.9. The molecule has 0 fully saturated rings. The molecule has 0 amide bonds. The zero-order valence-corrected chi connectivity index (χ0v) is 14.5. The molecule has 0 heterocycles. The van der Waals surface area contributed by atoms with Crippen molar-refractivity contribution in [1.82, 2.24) is 0 Å². The minimum Gasteiger partial charge on any atom is -0.451 e. The molecule has 0 aliphatic heterocycles. The number of Topliss-reactive ketones (excluding diaryl/α,β-unsaturated/α-hetero) is 1. The molecule has 0 unspecified atom stereocenters. The van der Waals surface area contributed by atoms with Gasteiger partial charge in [0.25, 0.3) is 0 Å². The van der Waals surface area contributed by atoms with Gasteiger partial charge in [0, 0.05) is 5.56 Å². The van der Waals surface area contributed by atoms with Crippen molar-refractivity contribution in [2.24, 2.45) is 0 Å². The first-order valence-electron chi connectivity index (χ1n) is 7.07. The summed E-state index contributed by atoms with van der Waals surface area (Å²) in [5.41, 5.74) is 2.88. The number of rotatable bonds is 4. The summed E-state index contributed by atoms with van der Waals surface area (Å²) in [5, 5.41) is 0.608. The van der Waals surface area contributed by atoms with Gasteiger partial charge in [0.05, 0.1) is 15.6 Å². The van der Waals surface area contributed by atoms with E-state index < -0.39 is 12.1 Å². The highest BCUT2D eigenvalue weighted by atomic mass is 35.5. The highest BCUT2D eigenvalue weighted by Gasteiger charge is 2.21. The molecule has 0 radical (unpaired) electrons. The van der Waals surface area contributed by atoms with E-state index in [1.807, 2.05) is 19.9 Å². The van der Waals surface area contributed by atoms with Gasteiger partial charge in [0.2, 0.25) is 5.78 Å².